The van der Waals surface area contributed by atoms with Crippen LogP contribution in [0.2, 0.25) is 0 Å². The van der Waals surface area contributed by atoms with E-state index in [-0.39, 0.29) is 13.0 Å². The van der Waals surface area contributed by atoms with Gasteiger partial charge < -0.3 is 25.0 Å². The number of hydrogen-bond acceptors (Lipinski definition) is 6. The highest BCUT2D eigenvalue weighted by Gasteiger charge is 2.52. The van der Waals surface area contributed by atoms with Gasteiger partial charge in [-0.3, -0.25) is 4.79 Å². The van der Waals surface area contributed by atoms with Crippen molar-refractivity contribution in [2.75, 3.05) is 12.5 Å². The average Bonchev–Trinajstić information content (AvgIpc) is 3.03. The lowest BCUT2D eigenvalue weighted by Gasteiger charge is -2.36. The Morgan fingerprint density at radius 2 is 1.68 bits per heavy atom. The number of halogens is 1. The van der Waals surface area contributed by atoms with E-state index in [1.54, 1.807) is 60.7 Å². The van der Waals surface area contributed by atoms with E-state index < -0.39 is 42.3 Å². The zero-order valence-electron chi connectivity index (χ0n) is 16.9. The summed E-state index contributed by atoms with van der Waals surface area (Å²) in [6.45, 7) is -0.207. The van der Waals surface area contributed by atoms with Crippen molar-refractivity contribution in [1.82, 2.24) is 4.90 Å². The summed E-state index contributed by atoms with van der Waals surface area (Å²) in [5, 5.41) is 31.4. The molecule has 1 amide bonds. The molecule has 0 bridgehead atoms. The van der Waals surface area contributed by atoms with Gasteiger partial charge in [0.1, 0.15) is 12.7 Å². The Morgan fingerprint density at radius 1 is 1.06 bits per heavy atom. The van der Waals surface area contributed by atoms with Crippen molar-refractivity contribution in [3.8, 4) is 0 Å². The van der Waals surface area contributed by atoms with E-state index in [0.29, 0.717) is 23.4 Å². The summed E-state index contributed by atoms with van der Waals surface area (Å²) < 4.78 is 5.49. The highest BCUT2D eigenvalue weighted by Crippen LogP contribution is 2.34. The fourth-order valence-electron chi connectivity index (χ4n) is 3.85. The van der Waals surface area contributed by atoms with E-state index in [0.717, 1.165) is 0 Å². The number of alkyl halides is 1. The van der Waals surface area contributed by atoms with Gasteiger partial charge in [0.2, 0.25) is 0 Å². The van der Waals surface area contributed by atoms with Crippen molar-refractivity contribution in [3.05, 3.63) is 71.8 Å². The first-order valence-corrected chi connectivity index (χ1v) is 10.7. The summed E-state index contributed by atoms with van der Waals surface area (Å²) in [7, 11) is 0. The van der Waals surface area contributed by atoms with Crippen LogP contribution in [-0.4, -0.2) is 68.9 Å². The summed E-state index contributed by atoms with van der Waals surface area (Å²) in [6, 6.07) is 15.4. The minimum atomic E-state index is -1.67. The van der Waals surface area contributed by atoms with Crippen LogP contribution < -0.4 is 0 Å². The minimum absolute atomic E-state index is 0.207. The number of amides is 1. The number of rotatable bonds is 9. The van der Waals surface area contributed by atoms with Crippen molar-refractivity contribution >= 4 is 23.5 Å². The maximum Gasteiger partial charge on any atom is 0.338 e. The van der Waals surface area contributed by atoms with Crippen LogP contribution in [0.25, 0.3) is 0 Å². The molecule has 8 heteroatoms. The number of likely N-dealkylation sites (tertiary alicyclic amines) is 1. The van der Waals surface area contributed by atoms with Crippen LogP contribution in [0.5, 0.6) is 0 Å². The maximum absolute atomic E-state index is 12.9. The lowest BCUT2D eigenvalue weighted by Crippen LogP contribution is -2.48. The summed E-state index contributed by atoms with van der Waals surface area (Å²) in [5.41, 5.74) is 1.01. The molecular weight excluding hydrogens is 422 g/mol. The molecule has 7 nitrogen and oxygen atoms in total. The number of aliphatic hydroxyl groups excluding tert-OH is 3. The molecule has 0 radical (unpaired) electrons. The third-order valence-electron chi connectivity index (χ3n) is 5.43. The maximum atomic E-state index is 12.9. The second-order valence-electron chi connectivity index (χ2n) is 7.46. The number of ether oxygens (including phenoxy) is 1. The van der Waals surface area contributed by atoms with Crippen LogP contribution in [0.4, 0.5) is 0 Å². The highest BCUT2D eigenvalue weighted by molar-refractivity contribution is 6.17. The number of nitrogens with zero attached hydrogens (tertiary/aromatic N) is 1. The monoisotopic (exact) mass is 447 g/mol. The van der Waals surface area contributed by atoms with Crippen LogP contribution in [-0.2, 0) is 9.53 Å². The first kappa shape index (κ1) is 23.2. The Kier molecular flexibility index (Phi) is 8.03. The van der Waals surface area contributed by atoms with Gasteiger partial charge in [0.05, 0.1) is 23.8 Å². The smallest absolute Gasteiger partial charge is 0.338 e. The number of carbonyl (C=O) groups is 2. The predicted octanol–water partition coefficient (Wildman–Crippen LogP) is 1.90. The van der Waals surface area contributed by atoms with E-state index in [1.807, 2.05) is 0 Å². The van der Waals surface area contributed by atoms with Crippen LogP contribution >= 0.6 is 11.6 Å². The molecular formula is C23H26ClNO6. The Hall–Kier alpha value is -2.45. The Balaban J connectivity index is 1.89. The van der Waals surface area contributed by atoms with Crippen molar-refractivity contribution < 1.29 is 29.6 Å². The molecule has 2 aromatic rings. The number of carbonyl (C=O) groups excluding carboxylic acids is 2. The Labute approximate surface area is 185 Å². The molecule has 5 atom stereocenters. The fourth-order valence-corrected chi connectivity index (χ4v) is 4.01. The second-order valence-corrected chi connectivity index (χ2v) is 7.84. The van der Waals surface area contributed by atoms with E-state index >= 15 is 0 Å². The molecule has 3 N–H and O–H groups in total. The first-order chi connectivity index (χ1) is 15.0. The van der Waals surface area contributed by atoms with Crippen LogP contribution in [0.1, 0.15) is 34.8 Å². The molecule has 1 heterocycles. The van der Waals surface area contributed by atoms with Gasteiger partial charge in [-0.15, -0.1) is 11.6 Å². The van der Waals surface area contributed by atoms with Crippen molar-refractivity contribution in [2.45, 2.75) is 43.2 Å². The fraction of sp³-hybridized carbons (Fsp3) is 0.391. The van der Waals surface area contributed by atoms with E-state index in [9.17, 15) is 24.9 Å². The van der Waals surface area contributed by atoms with Gasteiger partial charge >= 0.3 is 5.97 Å². The molecule has 1 saturated heterocycles. The van der Waals surface area contributed by atoms with Crippen LogP contribution in [0, 0.1) is 0 Å². The molecule has 1 aliphatic heterocycles. The summed E-state index contributed by atoms with van der Waals surface area (Å²) in [4.78, 5) is 26.6. The van der Waals surface area contributed by atoms with Gasteiger partial charge in [0, 0.05) is 5.88 Å². The predicted molar refractivity (Wildman–Crippen MR) is 115 cm³/mol. The minimum Gasteiger partial charge on any atom is -0.460 e. The molecule has 2 aromatic carbocycles. The summed E-state index contributed by atoms with van der Waals surface area (Å²) in [6.07, 6.45) is -3.54. The molecule has 0 aliphatic carbocycles. The lowest BCUT2D eigenvalue weighted by atomic mass is 9.98. The number of benzene rings is 2. The third-order valence-corrected chi connectivity index (χ3v) is 5.70. The molecule has 3 rings (SSSR count). The lowest BCUT2D eigenvalue weighted by molar-refractivity contribution is -0.140. The molecule has 0 aromatic heterocycles. The number of esters is 1. The normalized spacial score (nSPS) is 22.9. The SMILES string of the molecule is O=C(OC[C@@H](c1ccccc1)N1C(=O)[C@@H](O)[C@@H](O)[C@@H]1[C@H](O)CCCCl)c1ccccc1. The van der Waals surface area contributed by atoms with Gasteiger partial charge in [-0.05, 0) is 30.5 Å². The molecule has 166 valence electrons. The third kappa shape index (κ3) is 5.25. The van der Waals surface area contributed by atoms with Gasteiger partial charge in [-0.1, -0.05) is 48.5 Å². The quantitative estimate of drug-likeness (QED) is 0.400. The Bertz CT molecular complexity index is 865. The molecule has 1 aliphatic rings. The van der Waals surface area contributed by atoms with Crippen LogP contribution in [0.15, 0.2) is 60.7 Å². The molecule has 0 unspecified atom stereocenters. The van der Waals surface area contributed by atoms with Gasteiger partial charge in [0.15, 0.2) is 6.10 Å². The largest absolute Gasteiger partial charge is 0.460 e. The molecule has 0 saturated carbocycles. The summed E-state index contributed by atoms with van der Waals surface area (Å²) in [5.74, 6) is -0.978. The summed E-state index contributed by atoms with van der Waals surface area (Å²) >= 11 is 5.72. The molecule has 1 fully saturated rings. The number of hydrogen-bond donors (Lipinski definition) is 3. The zero-order valence-corrected chi connectivity index (χ0v) is 17.6. The Morgan fingerprint density at radius 3 is 2.29 bits per heavy atom. The first-order valence-electron chi connectivity index (χ1n) is 10.1. The van der Waals surface area contributed by atoms with Gasteiger partial charge in [0.25, 0.3) is 5.91 Å². The van der Waals surface area contributed by atoms with E-state index in [2.05, 4.69) is 0 Å². The average molecular weight is 448 g/mol. The standard InChI is InChI=1S/C23H26ClNO6/c24-13-7-12-18(26)19-20(27)21(28)22(29)25(19)17(15-8-3-1-4-9-15)14-31-23(30)16-10-5-2-6-11-16/h1-6,8-11,17-21,26-28H,7,12-14H2/t17-,18+,19-,20-,21-/m0/s1. The van der Waals surface area contributed by atoms with Gasteiger partial charge in [-0.2, -0.15) is 0 Å². The zero-order chi connectivity index (χ0) is 22.4. The highest BCUT2D eigenvalue weighted by atomic mass is 35.5. The van der Waals surface area contributed by atoms with Crippen LogP contribution in [0.3, 0.4) is 0 Å². The van der Waals surface area contributed by atoms with Gasteiger partial charge in [-0.25, -0.2) is 4.79 Å². The molecule has 31 heavy (non-hydrogen) atoms. The van der Waals surface area contributed by atoms with E-state index in [1.165, 1.54) is 4.90 Å². The number of aliphatic hydroxyl groups is 3. The van der Waals surface area contributed by atoms with Crippen molar-refractivity contribution in [2.24, 2.45) is 0 Å². The second kappa shape index (κ2) is 10.7. The van der Waals surface area contributed by atoms with Crippen molar-refractivity contribution in [1.29, 1.82) is 0 Å². The molecule has 0 spiro atoms. The van der Waals surface area contributed by atoms with E-state index in [4.69, 9.17) is 16.3 Å². The van der Waals surface area contributed by atoms with Crippen molar-refractivity contribution in [3.63, 3.8) is 0 Å². The topological polar surface area (TPSA) is 107 Å².